The largest absolute Gasteiger partial charge is 0.446 e. The third kappa shape index (κ3) is 4.45. The van der Waals surface area contributed by atoms with Crippen molar-refractivity contribution < 1.29 is 13.2 Å². The first-order valence-corrected chi connectivity index (χ1v) is 6.78. The maximum absolute atomic E-state index is 12.2. The Morgan fingerprint density at radius 3 is 2.20 bits per heavy atom. The molecule has 1 N–H and O–H groups in total. The molecular weight excluding hydrogens is 285 g/mol. The van der Waals surface area contributed by atoms with E-state index in [1.54, 1.807) is 24.5 Å². The summed E-state index contributed by atoms with van der Waals surface area (Å²) in [6, 6.07) is 10.0. The van der Waals surface area contributed by atoms with E-state index in [4.69, 9.17) is 0 Å². The highest BCUT2D eigenvalue weighted by atomic mass is 32.2. The molecule has 2 aromatic rings. The molecule has 0 amide bonds. The predicted molar refractivity (Wildman–Crippen MR) is 74.6 cm³/mol. The van der Waals surface area contributed by atoms with Gasteiger partial charge in [0.2, 0.25) is 0 Å². The molecule has 0 radical (unpaired) electrons. The molecule has 20 heavy (non-hydrogen) atoms. The third-order valence-corrected chi connectivity index (χ3v) is 3.42. The molecule has 2 nitrogen and oxygen atoms in total. The van der Waals surface area contributed by atoms with Gasteiger partial charge in [0.05, 0.1) is 0 Å². The van der Waals surface area contributed by atoms with Gasteiger partial charge in [-0.25, -0.2) is 0 Å². The monoisotopic (exact) mass is 298 g/mol. The van der Waals surface area contributed by atoms with Gasteiger partial charge in [0.25, 0.3) is 0 Å². The van der Waals surface area contributed by atoms with Crippen LogP contribution in [0.2, 0.25) is 0 Å². The van der Waals surface area contributed by atoms with Crippen LogP contribution in [0, 0.1) is 0 Å². The highest BCUT2D eigenvalue weighted by Crippen LogP contribution is 2.37. The van der Waals surface area contributed by atoms with Crippen LogP contribution >= 0.6 is 11.8 Å². The van der Waals surface area contributed by atoms with Crippen molar-refractivity contribution in [3.63, 3.8) is 0 Å². The quantitative estimate of drug-likeness (QED) is 0.815. The molecule has 0 fully saturated rings. The molecule has 0 aliphatic heterocycles. The number of aromatic nitrogens is 1. The number of pyridine rings is 1. The van der Waals surface area contributed by atoms with Crippen LogP contribution in [0.15, 0.2) is 53.7 Å². The Labute approximate surface area is 119 Å². The smallest absolute Gasteiger partial charge is 0.379 e. The second-order valence-corrected chi connectivity index (χ2v) is 5.36. The van der Waals surface area contributed by atoms with Crippen LogP contribution in [0.4, 0.5) is 18.9 Å². The minimum atomic E-state index is -4.25. The van der Waals surface area contributed by atoms with Gasteiger partial charge in [0.15, 0.2) is 0 Å². The molecule has 2 rings (SSSR count). The fourth-order valence-corrected chi connectivity index (χ4v) is 2.28. The number of anilines is 1. The first-order valence-electron chi connectivity index (χ1n) is 5.96. The van der Waals surface area contributed by atoms with E-state index in [1.165, 1.54) is 12.1 Å². The number of rotatable bonds is 4. The zero-order valence-corrected chi connectivity index (χ0v) is 11.5. The first kappa shape index (κ1) is 14.7. The van der Waals surface area contributed by atoms with Gasteiger partial charge in [-0.2, -0.15) is 13.2 Å². The molecular formula is C14H13F3N2S. The molecule has 1 aromatic carbocycles. The SMILES string of the molecule is CC(Nc1ccc(SC(F)(F)F)cc1)c1ccncc1. The van der Waals surface area contributed by atoms with Crippen LogP contribution in [0.25, 0.3) is 0 Å². The van der Waals surface area contributed by atoms with Crippen molar-refractivity contribution in [2.45, 2.75) is 23.4 Å². The Bertz CT molecular complexity index is 541. The summed E-state index contributed by atoms with van der Waals surface area (Å²) in [6.45, 7) is 1.98. The molecule has 0 bridgehead atoms. The lowest BCUT2D eigenvalue weighted by molar-refractivity contribution is -0.0328. The standard InChI is InChI=1S/C14H13F3N2S/c1-10(11-6-8-18-9-7-11)19-12-2-4-13(5-3-12)20-14(15,16)17/h2-10,19H,1H3. The molecule has 6 heteroatoms. The van der Waals surface area contributed by atoms with E-state index in [1.807, 2.05) is 19.1 Å². The van der Waals surface area contributed by atoms with Crippen molar-refractivity contribution in [3.05, 3.63) is 54.4 Å². The maximum atomic E-state index is 12.2. The van der Waals surface area contributed by atoms with E-state index < -0.39 is 5.51 Å². The molecule has 1 atom stereocenters. The molecule has 0 spiro atoms. The molecule has 1 heterocycles. The van der Waals surface area contributed by atoms with Crippen LogP contribution in [0.1, 0.15) is 18.5 Å². The van der Waals surface area contributed by atoms with Crippen molar-refractivity contribution in [3.8, 4) is 0 Å². The van der Waals surface area contributed by atoms with Crippen molar-refractivity contribution in [2.75, 3.05) is 5.32 Å². The lowest BCUT2D eigenvalue weighted by Crippen LogP contribution is -2.06. The summed E-state index contributed by atoms with van der Waals surface area (Å²) in [5.41, 5.74) is -2.41. The molecule has 0 saturated heterocycles. The van der Waals surface area contributed by atoms with Crippen LogP contribution in [0.3, 0.4) is 0 Å². The first-order chi connectivity index (χ1) is 9.44. The summed E-state index contributed by atoms with van der Waals surface area (Å²) >= 11 is -0.111. The Kier molecular flexibility index (Phi) is 4.54. The molecule has 106 valence electrons. The lowest BCUT2D eigenvalue weighted by Gasteiger charge is -2.15. The van der Waals surface area contributed by atoms with Crippen molar-refractivity contribution >= 4 is 17.4 Å². The van der Waals surface area contributed by atoms with Gasteiger partial charge in [-0.05, 0) is 60.6 Å². The molecule has 0 aliphatic rings. The van der Waals surface area contributed by atoms with Gasteiger partial charge in [-0.1, -0.05) is 0 Å². The molecule has 0 aliphatic carbocycles. The summed E-state index contributed by atoms with van der Waals surface area (Å²) in [5.74, 6) is 0. The summed E-state index contributed by atoms with van der Waals surface area (Å²) in [6.07, 6.45) is 3.41. The number of benzene rings is 1. The van der Waals surface area contributed by atoms with Crippen LogP contribution in [0.5, 0.6) is 0 Å². The van der Waals surface area contributed by atoms with E-state index in [0.717, 1.165) is 11.3 Å². The molecule has 1 unspecified atom stereocenters. The minimum Gasteiger partial charge on any atom is -0.379 e. The normalized spacial score (nSPS) is 13.0. The Morgan fingerprint density at radius 2 is 1.65 bits per heavy atom. The van der Waals surface area contributed by atoms with Gasteiger partial charge in [0.1, 0.15) is 0 Å². The molecule has 1 aromatic heterocycles. The number of alkyl halides is 3. The number of halogens is 3. The average molecular weight is 298 g/mol. The van der Waals surface area contributed by atoms with Crippen LogP contribution in [-0.4, -0.2) is 10.5 Å². The van der Waals surface area contributed by atoms with E-state index in [9.17, 15) is 13.2 Å². The Hall–Kier alpha value is -1.69. The van der Waals surface area contributed by atoms with Gasteiger partial charge in [0, 0.05) is 29.0 Å². The van der Waals surface area contributed by atoms with E-state index in [-0.39, 0.29) is 22.7 Å². The van der Waals surface area contributed by atoms with Crippen LogP contribution in [-0.2, 0) is 0 Å². The summed E-state index contributed by atoms with van der Waals surface area (Å²) in [7, 11) is 0. The number of hydrogen-bond donors (Lipinski definition) is 1. The van der Waals surface area contributed by atoms with Crippen LogP contribution < -0.4 is 5.32 Å². The maximum Gasteiger partial charge on any atom is 0.446 e. The van der Waals surface area contributed by atoms with Crippen molar-refractivity contribution in [2.24, 2.45) is 0 Å². The number of nitrogens with one attached hydrogen (secondary N) is 1. The second kappa shape index (κ2) is 6.17. The van der Waals surface area contributed by atoms with E-state index in [0.29, 0.717) is 0 Å². The second-order valence-electron chi connectivity index (χ2n) is 4.22. The third-order valence-electron chi connectivity index (χ3n) is 2.68. The average Bonchev–Trinajstić information content (AvgIpc) is 2.40. The fraction of sp³-hybridized carbons (Fsp3) is 0.214. The van der Waals surface area contributed by atoms with E-state index in [2.05, 4.69) is 10.3 Å². The number of hydrogen-bond acceptors (Lipinski definition) is 3. The molecule has 0 saturated carbocycles. The zero-order chi connectivity index (χ0) is 14.6. The summed E-state index contributed by atoms with van der Waals surface area (Å²) in [5, 5.41) is 3.23. The van der Waals surface area contributed by atoms with Gasteiger partial charge in [-0.3, -0.25) is 4.98 Å². The highest BCUT2D eigenvalue weighted by molar-refractivity contribution is 8.00. The summed E-state index contributed by atoms with van der Waals surface area (Å²) in [4.78, 5) is 4.12. The number of nitrogens with zero attached hydrogens (tertiary/aromatic N) is 1. The summed E-state index contributed by atoms with van der Waals surface area (Å²) < 4.78 is 36.6. The van der Waals surface area contributed by atoms with Crippen molar-refractivity contribution in [1.29, 1.82) is 0 Å². The fourth-order valence-electron chi connectivity index (χ4n) is 1.74. The minimum absolute atomic E-state index is 0.0547. The Balaban J connectivity index is 2.00. The van der Waals surface area contributed by atoms with Gasteiger partial charge >= 0.3 is 5.51 Å². The van der Waals surface area contributed by atoms with Gasteiger partial charge < -0.3 is 5.32 Å². The lowest BCUT2D eigenvalue weighted by atomic mass is 10.1. The topological polar surface area (TPSA) is 24.9 Å². The number of thioether (sulfide) groups is 1. The predicted octanol–water partition coefficient (Wildman–Crippen LogP) is 4.87. The van der Waals surface area contributed by atoms with Crippen molar-refractivity contribution in [1.82, 2.24) is 4.98 Å². The van der Waals surface area contributed by atoms with Gasteiger partial charge in [-0.15, -0.1) is 0 Å². The van der Waals surface area contributed by atoms with E-state index >= 15 is 0 Å². The zero-order valence-electron chi connectivity index (χ0n) is 10.7. The Morgan fingerprint density at radius 1 is 1.05 bits per heavy atom. The highest BCUT2D eigenvalue weighted by Gasteiger charge is 2.28.